The minimum atomic E-state index is -1.34. The van der Waals surface area contributed by atoms with E-state index < -0.39 is 23.3 Å². The van der Waals surface area contributed by atoms with Gasteiger partial charge in [-0.25, -0.2) is 13.6 Å². The van der Waals surface area contributed by atoms with Gasteiger partial charge in [0, 0.05) is 5.69 Å². The highest BCUT2D eigenvalue weighted by molar-refractivity contribution is 6.00. The second-order valence-electron chi connectivity index (χ2n) is 4.27. The Balaban J connectivity index is 2.48. The van der Waals surface area contributed by atoms with Crippen molar-refractivity contribution in [1.29, 1.82) is 0 Å². The standard InChI is InChI=1S/C14H12F2N2O2/c1-7-6-8(15)2-4-10(7)18-11-5-3-9(16)13(17)12(11)14(19)20/h2-6,18H,17H2,1H3,(H,19,20). The average molecular weight is 278 g/mol. The SMILES string of the molecule is Cc1cc(F)ccc1Nc1ccc(F)c(N)c1C(=O)O. The number of aryl methyl sites for hydroxylation is 1. The fourth-order valence-electron chi connectivity index (χ4n) is 1.84. The van der Waals surface area contributed by atoms with Gasteiger partial charge in [0.2, 0.25) is 0 Å². The van der Waals surface area contributed by atoms with Crippen LogP contribution in [-0.4, -0.2) is 11.1 Å². The fourth-order valence-corrected chi connectivity index (χ4v) is 1.84. The molecule has 2 aromatic carbocycles. The molecule has 0 radical (unpaired) electrons. The Kier molecular flexibility index (Phi) is 3.56. The maximum absolute atomic E-state index is 13.3. The van der Waals surface area contributed by atoms with Crippen molar-refractivity contribution < 1.29 is 18.7 Å². The third kappa shape index (κ3) is 2.54. The maximum atomic E-state index is 13.3. The van der Waals surface area contributed by atoms with Crippen LogP contribution in [0.15, 0.2) is 30.3 Å². The van der Waals surface area contributed by atoms with Crippen molar-refractivity contribution in [3.63, 3.8) is 0 Å². The highest BCUT2D eigenvalue weighted by Gasteiger charge is 2.18. The van der Waals surface area contributed by atoms with Gasteiger partial charge in [0.25, 0.3) is 0 Å². The third-order valence-corrected chi connectivity index (χ3v) is 2.86. The molecule has 20 heavy (non-hydrogen) atoms. The smallest absolute Gasteiger partial charge is 0.340 e. The van der Waals surface area contributed by atoms with E-state index in [9.17, 15) is 13.6 Å². The number of benzene rings is 2. The van der Waals surface area contributed by atoms with Gasteiger partial charge in [-0.3, -0.25) is 0 Å². The number of anilines is 3. The molecule has 0 aromatic heterocycles. The highest BCUT2D eigenvalue weighted by Crippen LogP contribution is 2.29. The Morgan fingerprint density at radius 2 is 1.85 bits per heavy atom. The molecule has 0 atom stereocenters. The van der Waals surface area contributed by atoms with Gasteiger partial charge in [0.1, 0.15) is 17.2 Å². The lowest BCUT2D eigenvalue weighted by Crippen LogP contribution is -2.09. The van der Waals surface area contributed by atoms with Gasteiger partial charge in [-0.15, -0.1) is 0 Å². The molecule has 0 saturated heterocycles. The predicted molar refractivity (Wildman–Crippen MR) is 72.2 cm³/mol. The summed E-state index contributed by atoms with van der Waals surface area (Å²) in [6.07, 6.45) is 0. The van der Waals surface area contributed by atoms with E-state index in [1.165, 1.54) is 24.3 Å². The molecule has 0 aliphatic heterocycles. The topological polar surface area (TPSA) is 75.3 Å². The summed E-state index contributed by atoms with van der Waals surface area (Å²) in [6.45, 7) is 1.67. The molecule has 4 nitrogen and oxygen atoms in total. The van der Waals surface area contributed by atoms with E-state index >= 15 is 0 Å². The number of aromatic carboxylic acids is 1. The normalized spacial score (nSPS) is 10.3. The third-order valence-electron chi connectivity index (χ3n) is 2.86. The fraction of sp³-hybridized carbons (Fsp3) is 0.0714. The summed E-state index contributed by atoms with van der Waals surface area (Å²) in [4.78, 5) is 11.2. The largest absolute Gasteiger partial charge is 0.478 e. The average Bonchev–Trinajstić information content (AvgIpc) is 2.36. The first kappa shape index (κ1) is 13.8. The van der Waals surface area contributed by atoms with E-state index in [-0.39, 0.29) is 11.3 Å². The Bertz CT molecular complexity index is 687. The number of nitrogens with one attached hydrogen (secondary N) is 1. The van der Waals surface area contributed by atoms with Crippen molar-refractivity contribution in [2.45, 2.75) is 6.92 Å². The van der Waals surface area contributed by atoms with Gasteiger partial charge in [0.15, 0.2) is 0 Å². The van der Waals surface area contributed by atoms with Crippen LogP contribution in [0.3, 0.4) is 0 Å². The van der Waals surface area contributed by atoms with Crippen LogP contribution in [0.2, 0.25) is 0 Å². The lowest BCUT2D eigenvalue weighted by molar-refractivity contribution is 0.0698. The number of nitrogen functional groups attached to an aromatic ring is 1. The number of carboxylic acid groups (broad SMARTS) is 1. The molecule has 0 spiro atoms. The molecule has 2 rings (SSSR count). The Morgan fingerprint density at radius 3 is 2.45 bits per heavy atom. The monoisotopic (exact) mass is 278 g/mol. The summed E-state index contributed by atoms with van der Waals surface area (Å²) in [5.74, 6) is -2.54. The van der Waals surface area contributed by atoms with E-state index in [0.717, 1.165) is 6.07 Å². The number of rotatable bonds is 3. The first-order valence-electron chi connectivity index (χ1n) is 5.74. The van der Waals surface area contributed by atoms with Crippen LogP contribution in [0.25, 0.3) is 0 Å². The van der Waals surface area contributed by atoms with E-state index in [0.29, 0.717) is 11.3 Å². The Labute approximate surface area is 113 Å². The first-order valence-corrected chi connectivity index (χ1v) is 5.74. The van der Waals surface area contributed by atoms with Crippen molar-refractivity contribution in [3.05, 3.63) is 53.1 Å². The predicted octanol–water partition coefficient (Wildman–Crippen LogP) is 3.30. The van der Waals surface area contributed by atoms with Crippen molar-refractivity contribution >= 4 is 23.0 Å². The Hall–Kier alpha value is -2.63. The van der Waals surface area contributed by atoms with Crippen molar-refractivity contribution in [2.75, 3.05) is 11.1 Å². The first-order chi connectivity index (χ1) is 9.40. The van der Waals surface area contributed by atoms with Gasteiger partial charge < -0.3 is 16.2 Å². The lowest BCUT2D eigenvalue weighted by atomic mass is 10.1. The number of hydrogen-bond donors (Lipinski definition) is 3. The summed E-state index contributed by atoms with van der Waals surface area (Å²) in [6, 6.07) is 6.36. The van der Waals surface area contributed by atoms with Crippen LogP contribution in [-0.2, 0) is 0 Å². The summed E-state index contributed by atoms with van der Waals surface area (Å²) in [7, 11) is 0. The molecule has 4 N–H and O–H groups in total. The van der Waals surface area contributed by atoms with E-state index in [1.54, 1.807) is 6.92 Å². The zero-order chi connectivity index (χ0) is 14.9. The van der Waals surface area contributed by atoms with Crippen LogP contribution >= 0.6 is 0 Å². The number of carboxylic acids is 1. The molecule has 0 aliphatic rings. The van der Waals surface area contributed by atoms with Crippen LogP contribution in [0, 0.1) is 18.6 Å². The summed E-state index contributed by atoms with van der Waals surface area (Å²) in [5.41, 5.74) is 5.89. The molecule has 0 fully saturated rings. The molecule has 0 unspecified atom stereocenters. The molecular formula is C14H12F2N2O2. The van der Waals surface area contributed by atoms with Crippen LogP contribution < -0.4 is 11.1 Å². The van der Waals surface area contributed by atoms with E-state index in [1.807, 2.05) is 0 Å². The van der Waals surface area contributed by atoms with Gasteiger partial charge in [0.05, 0.1) is 11.4 Å². The van der Waals surface area contributed by atoms with Crippen molar-refractivity contribution in [3.8, 4) is 0 Å². The van der Waals surface area contributed by atoms with Crippen molar-refractivity contribution in [2.24, 2.45) is 0 Å². The zero-order valence-electron chi connectivity index (χ0n) is 10.6. The van der Waals surface area contributed by atoms with E-state index in [4.69, 9.17) is 10.8 Å². The second kappa shape index (κ2) is 5.16. The number of hydrogen-bond acceptors (Lipinski definition) is 3. The minimum absolute atomic E-state index is 0.145. The minimum Gasteiger partial charge on any atom is -0.478 e. The lowest BCUT2D eigenvalue weighted by Gasteiger charge is -2.13. The molecular weight excluding hydrogens is 266 g/mol. The molecule has 2 aromatic rings. The summed E-state index contributed by atoms with van der Waals surface area (Å²) in [5, 5.41) is 11.9. The van der Waals surface area contributed by atoms with Crippen LogP contribution in [0.5, 0.6) is 0 Å². The van der Waals surface area contributed by atoms with Gasteiger partial charge >= 0.3 is 5.97 Å². The number of nitrogens with two attached hydrogens (primary N) is 1. The number of halogens is 2. The van der Waals surface area contributed by atoms with Crippen molar-refractivity contribution in [1.82, 2.24) is 0 Å². The van der Waals surface area contributed by atoms with Gasteiger partial charge in [-0.1, -0.05) is 0 Å². The molecule has 0 amide bonds. The molecule has 0 aliphatic carbocycles. The molecule has 0 bridgehead atoms. The van der Waals surface area contributed by atoms with Gasteiger partial charge in [-0.2, -0.15) is 0 Å². The Morgan fingerprint density at radius 1 is 1.20 bits per heavy atom. The van der Waals surface area contributed by atoms with Gasteiger partial charge in [-0.05, 0) is 42.8 Å². The van der Waals surface area contributed by atoms with E-state index in [2.05, 4.69) is 5.32 Å². The highest BCUT2D eigenvalue weighted by atomic mass is 19.1. The summed E-state index contributed by atoms with van der Waals surface area (Å²) >= 11 is 0. The number of carbonyl (C=O) groups is 1. The zero-order valence-corrected chi connectivity index (χ0v) is 10.6. The quantitative estimate of drug-likeness (QED) is 0.753. The molecule has 0 saturated carbocycles. The molecule has 0 heterocycles. The molecule has 6 heteroatoms. The van der Waals surface area contributed by atoms with Crippen LogP contribution in [0.1, 0.15) is 15.9 Å². The van der Waals surface area contributed by atoms with Crippen LogP contribution in [0.4, 0.5) is 25.8 Å². The summed E-state index contributed by atoms with van der Waals surface area (Å²) < 4.78 is 26.3. The maximum Gasteiger partial charge on any atom is 0.340 e. The second-order valence-corrected chi connectivity index (χ2v) is 4.27. The molecule has 104 valence electrons.